The number of furan rings is 1. The molecule has 0 bridgehead atoms. The largest absolute Gasteiger partial charge is 0.464 e. The number of amides is 1. The lowest BCUT2D eigenvalue weighted by Gasteiger charge is -2.21. The molecule has 1 aromatic carbocycles. The van der Waals surface area contributed by atoms with Crippen molar-refractivity contribution in [1.29, 1.82) is 0 Å². The molecule has 1 N–H and O–H groups in total. The van der Waals surface area contributed by atoms with E-state index in [2.05, 4.69) is 17.7 Å². The van der Waals surface area contributed by atoms with Crippen LogP contribution in [0.1, 0.15) is 49.2 Å². The van der Waals surface area contributed by atoms with E-state index in [9.17, 15) is 13.2 Å². The predicted molar refractivity (Wildman–Crippen MR) is 124 cm³/mol. The zero-order valence-corrected chi connectivity index (χ0v) is 19.5. The van der Waals surface area contributed by atoms with Crippen molar-refractivity contribution in [3.63, 3.8) is 0 Å². The van der Waals surface area contributed by atoms with Gasteiger partial charge in [-0.25, -0.2) is 8.42 Å². The van der Waals surface area contributed by atoms with E-state index in [0.29, 0.717) is 24.1 Å². The molecule has 2 aliphatic carbocycles. The summed E-state index contributed by atoms with van der Waals surface area (Å²) in [4.78, 5) is 15.0. The summed E-state index contributed by atoms with van der Waals surface area (Å²) >= 11 is 1.17. The number of anilines is 1. The minimum Gasteiger partial charge on any atom is -0.464 e. The molecule has 3 aromatic rings. The summed E-state index contributed by atoms with van der Waals surface area (Å²) in [7, 11) is -3.58. The maximum atomic E-state index is 13.0. The van der Waals surface area contributed by atoms with Gasteiger partial charge < -0.3 is 9.32 Å². The van der Waals surface area contributed by atoms with Gasteiger partial charge in [-0.2, -0.15) is 0 Å². The van der Waals surface area contributed by atoms with Crippen molar-refractivity contribution in [3.05, 3.63) is 71.0 Å². The standard InChI is InChI=1S/C24H26N2O4S2/c1-16-13-21(16)22-11-10-20(30-22)15-26(19-8-9-19)23(27)14-17-4-6-18(7-5-17)25-32(28,29)24-3-2-12-31-24/h2-7,10-12,16,19,21,25H,8-9,13-15H2,1H3. The van der Waals surface area contributed by atoms with Crippen molar-refractivity contribution in [3.8, 4) is 0 Å². The van der Waals surface area contributed by atoms with E-state index in [0.717, 1.165) is 29.9 Å². The zero-order valence-electron chi connectivity index (χ0n) is 17.9. The third-order valence-corrected chi connectivity index (χ3v) is 8.89. The van der Waals surface area contributed by atoms with E-state index in [1.807, 2.05) is 11.0 Å². The average molecular weight is 471 g/mol. The molecule has 2 unspecified atom stereocenters. The Labute approximate surface area is 192 Å². The number of thiophene rings is 1. The second-order valence-electron chi connectivity index (χ2n) is 8.79. The summed E-state index contributed by atoms with van der Waals surface area (Å²) < 4.78 is 33.6. The van der Waals surface area contributed by atoms with Crippen LogP contribution in [0.15, 0.2) is 62.5 Å². The molecule has 2 aliphatic rings. The Morgan fingerprint density at radius 2 is 1.91 bits per heavy atom. The van der Waals surface area contributed by atoms with Gasteiger partial charge in [-0.15, -0.1) is 11.3 Å². The van der Waals surface area contributed by atoms with Crippen LogP contribution in [-0.4, -0.2) is 25.3 Å². The van der Waals surface area contributed by atoms with Crippen LogP contribution >= 0.6 is 11.3 Å². The van der Waals surface area contributed by atoms with Gasteiger partial charge in [-0.1, -0.05) is 25.1 Å². The molecule has 2 atom stereocenters. The lowest BCUT2D eigenvalue weighted by molar-refractivity contribution is -0.131. The first-order chi connectivity index (χ1) is 15.4. The van der Waals surface area contributed by atoms with Crippen molar-refractivity contribution >= 4 is 33.0 Å². The predicted octanol–water partition coefficient (Wildman–Crippen LogP) is 5.00. The van der Waals surface area contributed by atoms with Gasteiger partial charge in [0.05, 0.1) is 13.0 Å². The summed E-state index contributed by atoms with van der Waals surface area (Å²) in [5, 5.41) is 1.73. The summed E-state index contributed by atoms with van der Waals surface area (Å²) in [6.45, 7) is 2.73. The Morgan fingerprint density at radius 1 is 1.16 bits per heavy atom. The monoisotopic (exact) mass is 470 g/mol. The number of nitrogens with zero attached hydrogens (tertiary/aromatic N) is 1. The molecule has 2 fully saturated rings. The highest BCUT2D eigenvalue weighted by Crippen LogP contribution is 2.47. The molecule has 6 nitrogen and oxygen atoms in total. The number of sulfonamides is 1. The Balaban J connectivity index is 1.21. The zero-order chi connectivity index (χ0) is 22.3. The van der Waals surface area contributed by atoms with Gasteiger partial charge in [0, 0.05) is 17.6 Å². The highest BCUT2D eigenvalue weighted by atomic mass is 32.2. The topological polar surface area (TPSA) is 79.6 Å². The maximum Gasteiger partial charge on any atom is 0.271 e. The summed E-state index contributed by atoms with van der Waals surface area (Å²) in [6.07, 6.45) is 3.52. The summed E-state index contributed by atoms with van der Waals surface area (Å²) in [6, 6.07) is 14.6. The number of hydrogen-bond acceptors (Lipinski definition) is 5. The minimum absolute atomic E-state index is 0.0668. The van der Waals surface area contributed by atoms with E-state index < -0.39 is 10.0 Å². The van der Waals surface area contributed by atoms with E-state index in [4.69, 9.17) is 4.42 Å². The molecule has 168 valence electrons. The molecule has 5 rings (SSSR count). The highest BCUT2D eigenvalue weighted by Gasteiger charge is 2.37. The molecule has 0 saturated heterocycles. The minimum atomic E-state index is -3.58. The van der Waals surface area contributed by atoms with Gasteiger partial charge >= 0.3 is 0 Å². The van der Waals surface area contributed by atoms with Gasteiger partial charge in [0.15, 0.2) is 0 Å². The molecular weight excluding hydrogens is 444 g/mol. The molecule has 0 spiro atoms. The first-order valence-corrected chi connectivity index (χ1v) is 13.3. The number of carbonyl (C=O) groups excluding carboxylic acids is 1. The Hall–Kier alpha value is -2.58. The molecule has 8 heteroatoms. The molecule has 1 amide bonds. The first-order valence-electron chi connectivity index (χ1n) is 10.9. The van der Waals surface area contributed by atoms with Gasteiger partial charge in [0.25, 0.3) is 10.0 Å². The third-order valence-electron chi connectivity index (χ3n) is 6.11. The van der Waals surface area contributed by atoms with Crippen molar-refractivity contribution in [2.75, 3.05) is 4.72 Å². The fourth-order valence-electron chi connectivity index (χ4n) is 3.96. The Bertz CT molecular complexity index is 1200. The molecule has 0 aliphatic heterocycles. The van der Waals surface area contributed by atoms with Crippen LogP contribution in [0.3, 0.4) is 0 Å². The van der Waals surface area contributed by atoms with Crippen LogP contribution in [-0.2, 0) is 27.8 Å². The summed E-state index contributed by atoms with van der Waals surface area (Å²) in [5.74, 6) is 3.17. The molecular formula is C24H26N2O4S2. The van der Waals surface area contributed by atoms with Crippen molar-refractivity contribution in [2.45, 2.75) is 55.3 Å². The van der Waals surface area contributed by atoms with Crippen LogP contribution < -0.4 is 4.72 Å². The van der Waals surface area contributed by atoms with Crippen molar-refractivity contribution < 1.29 is 17.6 Å². The molecule has 0 radical (unpaired) electrons. The van der Waals surface area contributed by atoms with Crippen LogP contribution in [0.2, 0.25) is 0 Å². The Kier molecular flexibility index (Phi) is 5.59. The van der Waals surface area contributed by atoms with E-state index >= 15 is 0 Å². The SMILES string of the molecule is CC1CC1c1ccc(CN(C(=O)Cc2ccc(NS(=O)(=O)c3cccs3)cc2)C2CC2)o1. The number of carbonyl (C=O) groups is 1. The van der Waals surface area contributed by atoms with Crippen molar-refractivity contribution in [1.82, 2.24) is 4.90 Å². The molecule has 2 saturated carbocycles. The van der Waals surface area contributed by atoms with E-state index in [1.54, 1.807) is 41.8 Å². The fraction of sp³-hybridized carbons (Fsp3) is 0.375. The van der Waals surface area contributed by atoms with Crippen LogP contribution in [0.25, 0.3) is 0 Å². The van der Waals surface area contributed by atoms with Crippen LogP contribution in [0, 0.1) is 5.92 Å². The molecule has 2 heterocycles. The average Bonchev–Trinajstić information content (AvgIpc) is 3.60. The summed E-state index contributed by atoms with van der Waals surface area (Å²) in [5.41, 5.74) is 1.33. The number of nitrogens with one attached hydrogen (secondary N) is 1. The van der Waals surface area contributed by atoms with Gasteiger partial charge in [-0.05, 0) is 66.5 Å². The van der Waals surface area contributed by atoms with Gasteiger partial charge in [0.1, 0.15) is 15.7 Å². The fourth-order valence-corrected chi connectivity index (χ4v) is 6.01. The van der Waals surface area contributed by atoms with Crippen LogP contribution in [0.5, 0.6) is 0 Å². The molecule has 32 heavy (non-hydrogen) atoms. The van der Waals surface area contributed by atoms with Crippen molar-refractivity contribution in [2.24, 2.45) is 5.92 Å². The lowest BCUT2D eigenvalue weighted by Crippen LogP contribution is -2.33. The van der Waals surface area contributed by atoms with Gasteiger partial charge in [0.2, 0.25) is 5.91 Å². The highest BCUT2D eigenvalue weighted by molar-refractivity contribution is 7.94. The number of benzene rings is 1. The third kappa shape index (κ3) is 4.76. The first kappa shape index (κ1) is 21.3. The Morgan fingerprint density at radius 3 is 2.53 bits per heavy atom. The smallest absolute Gasteiger partial charge is 0.271 e. The second-order valence-corrected chi connectivity index (χ2v) is 11.6. The van der Waals surface area contributed by atoms with E-state index in [-0.39, 0.29) is 22.6 Å². The second kappa shape index (κ2) is 8.41. The lowest BCUT2D eigenvalue weighted by atomic mass is 10.1. The number of rotatable bonds is 9. The number of hydrogen-bond donors (Lipinski definition) is 1. The quantitative estimate of drug-likeness (QED) is 0.477. The van der Waals surface area contributed by atoms with Gasteiger partial charge in [-0.3, -0.25) is 9.52 Å². The maximum absolute atomic E-state index is 13.0. The van der Waals surface area contributed by atoms with E-state index in [1.165, 1.54) is 17.8 Å². The normalized spacial score (nSPS) is 20.2. The van der Waals surface area contributed by atoms with Crippen LogP contribution in [0.4, 0.5) is 5.69 Å². The molecule has 2 aromatic heterocycles.